The van der Waals surface area contributed by atoms with Gasteiger partial charge in [0.1, 0.15) is 11.3 Å². The summed E-state index contributed by atoms with van der Waals surface area (Å²) in [6.07, 6.45) is 0.840. The third-order valence-corrected chi connectivity index (χ3v) is 4.68. The van der Waals surface area contributed by atoms with Crippen LogP contribution in [0.15, 0.2) is 34.7 Å². The van der Waals surface area contributed by atoms with Gasteiger partial charge in [0, 0.05) is 44.2 Å². The van der Waals surface area contributed by atoms with Crippen molar-refractivity contribution in [2.75, 3.05) is 32.8 Å². The van der Waals surface area contributed by atoms with Gasteiger partial charge in [0.05, 0.1) is 6.54 Å². The number of aliphatic hydroxyl groups is 1. The Labute approximate surface area is 145 Å². The molecule has 0 radical (unpaired) electrons. The van der Waals surface area contributed by atoms with Crippen LogP contribution in [0.5, 0.6) is 0 Å². The predicted molar refractivity (Wildman–Crippen MR) is 98.0 cm³/mol. The lowest BCUT2D eigenvalue weighted by molar-refractivity contribution is 0.0316. The summed E-state index contributed by atoms with van der Waals surface area (Å²) < 4.78 is 5.97. The number of para-hydroxylation sites is 1. The summed E-state index contributed by atoms with van der Waals surface area (Å²) in [5.74, 6) is 1.03. The van der Waals surface area contributed by atoms with Gasteiger partial charge in [-0.1, -0.05) is 39.0 Å². The lowest BCUT2D eigenvalue weighted by Gasteiger charge is -2.43. The van der Waals surface area contributed by atoms with Gasteiger partial charge >= 0.3 is 0 Å². The number of benzene rings is 1. The summed E-state index contributed by atoms with van der Waals surface area (Å²) >= 11 is 0. The van der Waals surface area contributed by atoms with Crippen molar-refractivity contribution in [3.63, 3.8) is 0 Å². The maximum Gasteiger partial charge on any atom is 0.134 e. The molecule has 0 spiro atoms. The molecule has 24 heavy (non-hydrogen) atoms. The Balaban J connectivity index is 1.65. The first-order valence-electron chi connectivity index (χ1n) is 8.99. The molecule has 3 rings (SSSR count). The summed E-state index contributed by atoms with van der Waals surface area (Å²) in [6, 6.07) is 10.7. The number of aliphatic hydroxyl groups excluding tert-OH is 1. The minimum Gasteiger partial charge on any atom is -0.460 e. The highest BCUT2D eigenvalue weighted by atomic mass is 16.3. The average Bonchev–Trinajstić information content (AvgIpc) is 2.91. The van der Waals surface area contributed by atoms with Crippen molar-refractivity contribution in [1.82, 2.24) is 9.80 Å². The van der Waals surface area contributed by atoms with E-state index in [9.17, 15) is 5.11 Å². The molecule has 4 nitrogen and oxygen atoms in total. The number of fused-ring (bicyclic) bond motifs is 1. The molecule has 0 amide bonds. The quantitative estimate of drug-likeness (QED) is 0.913. The van der Waals surface area contributed by atoms with Gasteiger partial charge in [0.2, 0.25) is 0 Å². The Morgan fingerprint density at radius 2 is 2.00 bits per heavy atom. The van der Waals surface area contributed by atoms with Crippen LogP contribution in [0.3, 0.4) is 0 Å². The molecule has 0 saturated carbocycles. The maximum absolute atomic E-state index is 9.44. The zero-order valence-electron chi connectivity index (χ0n) is 15.2. The van der Waals surface area contributed by atoms with Gasteiger partial charge in [-0.25, -0.2) is 0 Å². The molecule has 132 valence electrons. The summed E-state index contributed by atoms with van der Waals surface area (Å²) in [5.41, 5.74) is 1.25. The van der Waals surface area contributed by atoms with Crippen LogP contribution in [0.4, 0.5) is 0 Å². The summed E-state index contributed by atoms with van der Waals surface area (Å²) in [5, 5.41) is 10.6. The summed E-state index contributed by atoms with van der Waals surface area (Å²) in [6.45, 7) is 12.1. The fourth-order valence-electron chi connectivity index (χ4n) is 3.68. The number of nitrogens with zero attached hydrogens (tertiary/aromatic N) is 2. The Bertz CT molecular complexity index is 626. The first-order valence-corrected chi connectivity index (χ1v) is 8.99. The van der Waals surface area contributed by atoms with E-state index in [0.717, 1.165) is 50.5 Å². The highest BCUT2D eigenvalue weighted by molar-refractivity contribution is 5.77. The van der Waals surface area contributed by atoms with Gasteiger partial charge in [0.15, 0.2) is 0 Å². The average molecular weight is 330 g/mol. The van der Waals surface area contributed by atoms with Crippen molar-refractivity contribution < 1.29 is 9.52 Å². The van der Waals surface area contributed by atoms with Crippen LogP contribution in [-0.4, -0.2) is 53.7 Å². The van der Waals surface area contributed by atoms with Crippen molar-refractivity contribution in [2.24, 2.45) is 5.41 Å². The van der Waals surface area contributed by atoms with Crippen LogP contribution in [0.25, 0.3) is 11.0 Å². The first-order chi connectivity index (χ1) is 11.4. The molecular weight excluding hydrogens is 300 g/mol. The Kier molecular flexibility index (Phi) is 5.28. The van der Waals surface area contributed by atoms with E-state index in [1.165, 1.54) is 5.39 Å². The fourth-order valence-corrected chi connectivity index (χ4v) is 3.68. The zero-order valence-corrected chi connectivity index (χ0v) is 15.2. The molecule has 4 heteroatoms. The topological polar surface area (TPSA) is 39.9 Å². The number of furan rings is 1. The van der Waals surface area contributed by atoms with Crippen molar-refractivity contribution >= 4 is 11.0 Å². The van der Waals surface area contributed by atoms with E-state index in [4.69, 9.17) is 4.42 Å². The van der Waals surface area contributed by atoms with Gasteiger partial charge in [0.25, 0.3) is 0 Å². The molecule has 1 aliphatic heterocycles. The number of hydrogen-bond acceptors (Lipinski definition) is 4. The molecule has 0 unspecified atom stereocenters. The second-order valence-electron chi connectivity index (χ2n) is 8.18. The van der Waals surface area contributed by atoms with Crippen LogP contribution in [0, 0.1) is 5.41 Å². The molecule has 1 fully saturated rings. The minimum atomic E-state index is 0.254. The largest absolute Gasteiger partial charge is 0.460 e. The number of rotatable bonds is 5. The third kappa shape index (κ3) is 4.38. The summed E-state index contributed by atoms with van der Waals surface area (Å²) in [4.78, 5) is 5.00. The van der Waals surface area contributed by atoms with E-state index >= 15 is 0 Å². The van der Waals surface area contributed by atoms with E-state index < -0.39 is 0 Å². The first kappa shape index (κ1) is 17.5. The molecular formula is C20H30N2O2. The van der Waals surface area contributed by atoms with Gasteiger partial charge in [-0.05, 0) is 24.0 Å². The maximum atomic E-state index is 9.44. The molecule has 1 aliphatic rings. The SMILES string of the molecule is CC(C)(C)CN1CCN(Cc2cc3ccccc3o2)C[C@@H]1CCO. The van der Waals surface area contributed by atoms with Gasteiger partial charge in [-0.15, -0.1) is 0 Å². The van der Waals surface area contributed by atoms with Crippen LogP contribution in [-0.2, 0) is 6.54 Å². The number of hydrogen-bond donors (Lipinski definition) is 1. The predicted octanol–water partition coefficient (Wildman–Crippen LogP) is 3.35. The van der Waals surface area contributed by atoms with Gasteiger partial charge in [-0.3, -0.25) is 9.80 Å². The molecule has 2 heterocycles. The third-order valence-electron chi connectivity index (χ3n) is 4.68. The fraction of sp³-hybridized carbons (Fsp3) is 0.600. The Hall–Kier alpha value is -1.36. The monoisotopic (exact) mass is 330 g/mol. The zero-order chi connectivity index (χ0) is 17.2. The van der Waals surface area contributed by atoms with Crippen LogP contribution in [0.2, 0.25) is 0 Å². The van der Waals surface area contributed by atoms with Crippen molar-refractivity contribution in [3.8, 4) is 0 Å². The molecule has 1 saturated heterocycles. The Morgan fingerprint density at radius 1 is 1.21 bits per heavy atom. The summed E-state index contributed by atoms with van der Waals surface area (Å²) in [7, 11) is 0. The molecule has 0 bridgehead atoms. The molecule has 1 atom stereocenters. The lowest BCUT2D eigenvalue weighted by Crippen LogP contribution is -2.54. The highest BCUT2D eigenvalue weighted by Crippen LogP contribution is 2.24. The van der Waals surface area contributed by atoms with E-state index in [1.807, 2.05) is 18.2 Å². The van der Waals surface area contributed by atoms with Crippen LogP contribution >= 0.6 is 0 Å². The van der Waals surface area contributed by atoms with Crippen LogP contribution in [0.1, 0.15) is 33.0 Å². The number of piperazine rings is 1. The van der Waals surface area contributed by atoms with Crippen molar-refractivity contribution in [3.05, 3.63) is 36.1 Å². The van der Waals surface area contributed by atoms with Gasteiger partial charge < -0.3 is 9.52 Å². The van der Waals surface area contributed by atoms with Gasteiger partial charge in [-0.2, -0.15) is 0 Å². The standard InChI is InChI=1S/C20H30N2O2/c1-20(2,3)15-22-10-9-21(13-17(22)8-11-23)14-18-12-16-6-4-5-7-19(16)24-18/h4-7,12,17,23H,8-11,13-15H2,1-3H3/t17-/m0/s1. The van der Waals surface area contributed by atoms with Crippen molar-refractivity contribution in [2.45, 2.75) is 39.8 Å². The van der Waals surface area contributed by atoms with E-state index in [0.29, 0.717) is 6.04 Å². The molecule has 1 aromatic heterocycles. The molecule has 2 aromatic rings. The Morgan fingerprint density at radius 3 is 2.71 bits per heavy atom. The molecule has 1 aromatic carbocycles. The molecule has 1 N–H and O–H groups in total. The molecule has 0 aliphatic carbocycles. The minimum absolute atomic E-state index is 0.254. The van der Waals surface area contributed by atoms with Crippen LogP contribution < -0.4 is 0 Å². The second-order valence-corrected chi connectivity index (χ2v) is 8.18. The smallest absolute Gasteiger partial charge is 0.134 e. The van der Waals surface area contributed by atoms with E-state index in [1.54, 1.807) is 0 Å². The lowest BCUT2D eigenvalue weighted by atomic mass is 9.94. The van der Waals surface area contributed by atoms with E-state index in [-0.39, 0.29) is 12.0 Å². The second kappa shape index (κ2) is 7.26. The van der Waals surface area contributed by atoms with Crippen molar-refractivity contribution in [1.29, 1.82) is 0 Å². The van der Waals surface area contributed by atoms with E-state index in [2.05, 4.69) is 42.7 Å². The highest BCUT2D eigenvalue weighted by Gasteiger charge is 2.29. The normalized spacial score (nSPS) is 20.8.